The summed E-state index contributed by atoms with van der Waals surface area (Å²) in [6.45, 7) is 1.82. The molecular weight excluding hydrogens is 296 g/mol. The van der Waals surface area contributed by atoms with Crippen molar-refractivity contribution in [3.63, 3.8) is 0 Å². The Hall–Kier alpha value is -1.08. The van der Waals surface area contributed by atoms with E-state index in [4.69, 9.17) is 0 Å². The highest BCUT2D eigenvalue weighted by Gasteiger charge is 2.16. The van der Waals surface area contributed by atoms with Crippen LogP contribution in [0, 0.1) is 0 Å². The highest BCUT2D eigenvalue weighted by Crippen LogP contribution is 2.22. The molecule has 1 aliphatic heterocycles. The molecule has 1 aliphatic rings. The van der Waals surface area contributed by atoms with Crippen molar-refractivity contribution in [2.75, 3.05) is 22.0 Å². The first-order valence-electron chi connectivity index (χ1n) is 6.75. The van der Waals surface area contributed by atoms with Crippen molar-refractivity contribution in [3.05, 3.63) is 24.3 Å². The van der Waals surface area contributed by atoms with Crippen molar-refractivity contribution in [1.82, 2.24) is 0 Å². The topological polar surface area (TPSA) is 75.6 Å². The van der Waals surface area contributed by atoms with Crippen molar-refractivity contribution in [2.24, 2.45) is 4.36 Å². The van der Waals surface area contributed by atoms with Gasteiger partial charge in [-0.15, -0.1) is 0 Å². The summed E-state index contributed by atoms with van der Waals surface area (Å²) < 4.78 is 42.4. The maximum atomic E-state index is 12.3. The molecule has 1 saturated heterocycles. The Morgan fingerprint density at radius 2 is 1.80 bits per heavy atom. The third-order valence-corrected chi connectivity index (χ3v) is 6.95. The van der Waals surface area contributed by atoms with E-state index in [1.807, 2.05) is 6.92 Å². The van der Waals surface area contributed by atoms with Gasteiger partial charge >= 0.3 is 0 Å². The lowest BCUT2D eigenvalue weighted by Crippen LogP contribution is -2.15. The minimum Gasteiger partial charge on any atom is -0.284 e. The number of hydrogen-bond donors (Lipinski definition) is 1. The highest BCUT2D eigenvalue weighted by atomic mass is 32.2. The van der Waals surface area contributed by atoms with Gasteiger partial charge in [-0.2, -0.15) is 4.36 Å². The summed E-state index contributed by atoms with van der Waals surface area (Å²) in [5.41, 5.74) is 1.16. The van der Waals surface area contributed by atoms with Crippen LogP contribution in [0.5, 0.6) is 0 Å². The number of nitrogens with zero attached hydrogens (tertiary/aromatic N) is 1. The molecule has 0 aliphatic carbocycles. The van der Waals surface area contributed by atoms with E-state index in [9.17, 15) is 12.6 Å². The molecule has 0 spiro atoms. The van der Waals surface area contributed by atoms with Gasteiger partial charge in [0.15, 0.2) is 0 Å². The summed E-state index contributed by atoms with van der Waals surface area (Å²) in [6.07, 6.45) is 2.51. The Morgan fingerprint density at radius 1 is 1.20 bits per heavy atom. The predicted molar refractivity (Wildman–Crippen MR) is 83.3 cm³/mol. The Labute approximate surface area is 121 Å². The summed E-state index contributed by atoms with van der Waals surface area (Å²) in [7, 11) is -5.35. The Kier molecular flexibility index (Phi) is 4.70. The van der Waals surface area contributed by atoms with Gasteiger partial charge in [0.25, 0.3) is 0 Å². The summed E-state index contributed by atoms with van der Waals surface area (Å²) in [6, 6.07) is 6.72. The molecular formula is C13H20N2O3S2. The van der Waals surface area contributed by atoms with E-state index in [1.54, 1.807) is 24.3 Å². The lowest BCUT2D eigenvalue weighted by atomic mass is 10.3. The van der Waals surface area contributed by atoms with E-state index < -0.39 is 19.8 Å². The van der Waals surface area contributed by atoms with Crippen LogP contribution in [0.4, 0.5) is 11.4 Å². The van der Waals surface area contributed by atoms with Crippen LogP contribution in [0.3, 0.4) is 0 Å². The first kappa shape index (κ1) is 15.3. The van der Waals surface area contributed by atoms with E-state index in [0.717, 1.165) is 12.8 Å². The molecule has 0 bridgehead atoms. The molecule has 0 unspecified atom stereocenters. The molecule has 0 amide bonds. The number of benzene rings is 1. The molecule has 0 atom stereocenters. The molecule has 7 heteroatoms. The molecule has 0 saturated carbocycles. The predicted octanol–water partition coefficient (Wildman–Crippen LogP) is 2.73. The maximum absolute atomic E-state index is 12.3. The zero-order valence-electron chi connectivity index (χ0n) is 11.5. The molecule has 1 aromatic carbocycles. The molecule has 1 fully saturated rings. The second kappa shape index (κ2) is 6.13. The lowest BCUT2D eigenvalue weighted by Gasteiger charge is -2.07. The second-order valence-electron chi connectivity index (χ2n) is 4.95. The van der Waals surface area contributed by atoms with E-state index in [2.05, 4.69) is 9.08 Å². The monoisotopic (exact) mass is 316 g/mol. The Bertz CT molecular complexity index is 660. The number of sulfonamides is 1. The summed E-state index contributed by atoms with van der Waals surface area (Å²) in [5.74, 6) is 1.43. The van der Waals surface area contributed by atoms with Crippen LogP contribution in [0.15, 0.2) is 28.6 Å². The molecule has 0 aromatic heterocycles. The molecule has 1 N–H and O–H groups in total. The lowest BCUT2D eigenvalue weighted by molar-refractivity contribution is 0.600. The minimum absolute atomic E-state index is 0.104. The van der Waals surface area contributed by atoms with Gasteiger partial charge in [-0.3, -0.25) is 4.72 Å². The summed E-state index contributed by atoms with van der Waals surface area (Å²) in [4.78, 5) is 0. The zero-order valence-corrected chi connectivity index (χ0v) is 13.2. The van der Waals surface area contributed by atoms with Crippen molar-refractivity contribution >= 4 is 31.1 Å². The molecule has 1 heterocycles. The highest BCUT2D eigenvalue weighted by molar-refractivity contribution is 7.94. The average molecular weight is 316 g/mol. The minimum atomic E-state index is -3.27. The SMILES string of the molecule is CCCS(=O)(=O)Nc1ccc(N=S2(=O)CCCC2)cc1. The molecule has 1 aromatic rings. The van der Waals surface area contributed by atoms with Gasteiger partial charge in [0.1, 0.15) is 0 Å². The molecule has 2 rings (SSSR count). The first-order valence-corrected chi connectivity index (χ1v) is 10.3. The van der Waals surface area contributed by atoms with E-state index in [0.29, 0.717) is 29.3 Å². The van der Waals surface area contributed by atoms with Crippen LogP contribution >= 0.6 is 0 Å². The average Bonchev–Trinajstić information content (AvgIpc) is 2.78. The molecule has 112 valence electrons. The first-order chi connectivity index (χ1) is 9.42. The molecule has 0 radical (unpaired) electrons. The van der Waals surface area contributed by atoms with Gasteiger partial charge in [-0.25, -0.2) is 12.6 Å². The normalized spacial score (nSPS) is 17.9. The maximum Gasteiger partial charge on any atom is 0.232 e. The second-order valence-corrected chi connectivity index (χ2v) is 9.33. The quantitative estimate of drug-likeness (QED) is 0.907. The number of hydrogen-bond acceptors (Lipinski definition) is 4. The van der Waals surface area contributed by atoms with Crippen molar-refractivity contribution in [2.45, 2.75) is 26.2 Å². The fourth-order valence-corrected chi connectivity index (χ4v) is 5.47. The van der Waals surface area contributed by atoms with Crippen LogP contribution in [0.1, 0.15) is 26.2 Å². The van der Waals surface area contributed by atoms with Crippen LogP contribution < -0.4 is 4.72 Å². The Balaban J connectivity index is 2.13. The third kappa shape index (κ3) is 4.21. The third-order valence-electron chi connectivity index (χ3n) is 3.06. The van der Waals surface area contributed by atoms with E-state index >= 15 is 0 Å². The number of rotatable bonds is 5. The largest absolute Gasteiger partial charge is 0.284 e. The smallest absolute Gasteiger partial charge is 0.232 e. The van der Waals surface area contributed by atoms with Crippen LogP contribution in [0.2, 0.25) is 0 Å². The fraction of sp³-hybridized carbons (Fsp3) is 0.538. The van der Waals surface area contributed by atoms with Gasteiger partial charge in [-0.1, -0.05) is 6.92 Å². The fourth-order valence-electron chi connectivity index (χ4n) is 2.13. The van der Waals surface area contributed by atoms with Crippen LogP contribution in [-0.2, 0) is 19.8 Å². The van der Waals surface area contributed by atoms with E-state index in [-0.39, 0.29) is 5.75 Å². The van der Waals surface area contributed by atoms with Crippen molar-refractivity contribution in [1.29, 1.82) is 0 Å². The summed E-state index contributed by atoms with van der Waals surface area (Å²) >= 11 is 0. The van der Waals surface area contributed by atoms with Gasteiger partial charge < -0.3 is 0 Å². The van der Waals surface area contributed by atoms with Crippen LogP contribution in [0.25, 0.3) is 0 Å². The zero-order chi connectivity index (χ0) is 14.6. The number of nitrogens with one attached hydrogen (secondary N) is 1. The van der Waals surface area contributed by atoms with Gasteiger partial charge in [0.2, 0.25) is 10.0 Å². The van der Waals surface area contributed by atoms with Gasteiger partial charge in [-0.05, 0) is 43.5 Å². The van der Waals surface area contributed by atoms with Crippen molar-refractivity contribution in [3.8, 4) is 0 Å². The number of anilines is 1. The molecule has 20 heavy (non-hydrogen) atoms. The standard InChI is InChI=1S/C13H20N2O3S2/c1-2-9-20(17,18)15-13-7-5-12(6-8-13)14-19(16)10-3-4-11-19/h5-8,15H,2-4,9-11H2,1H3. The van der Waals surface area contributed by atoms with Crippen molar-refractivity contribution < 1.29 is 12.6 Å². The summed E-state index contributed by atoms with van der Waals surface area (Å²) in [5, 5.41) is 0. The molecule has 5 nitrogen and oxygen atoms in total. The van der Waals surface area contributed by atoms with Crippen LogP contribution in [-0.4, -0.2) is 29.9 Å². The Morgan fingerprint density at radius 3 is 2.35 bits per heavy atom. The van der Waals surface area contributed by atoms with Gasteiger partial charge in [0, 0.05) is 17.2 Å². The van der Waals surface area contributed by atoms with Gasteiger partial charge in [0.05, 0.1) is 21.2 Å². The van der Waals surface area contributed by atoms with E-state index in [1.165, 1.54) is 0 Å².